The summed E-state index contributed by atoms with van der Waals surface area (Å²) in [6.07, 6.45) is 0. The van der Waals surface area contributed by atoms with Crippen molar-refractivity contribution >= 4 is 38.5 Å². The average molecular weight is 291 g/mol. The summed E-state index contributed by atoms with van der Waals surface area (Å²) in [5.74, 6) is 0. The molecule has 3 heterocycles. The third kappa shape index (κ3) is 1.19. The summed E-state index contributed by atoms with van der Waals surface area (Å²) in [5.41, 5.74) is 1.28. The molecule has 0 saturated heterocycles. The Bertz CT molecular complexity index is 1220. The Kier molecular flexibility index (Phi) is 1.88. The molecule has 5 rings (SSSR count). The van der Waals surface area contributed by atoms with Crippen molar-refractivity contribution in [1.82, 2.24) is 4.40 Å². The molecule has 106 valence electrons. The molecule has 0 aliphatic rings. The molecule has 0 radical (unpaired) electrons. The average Bonchev–Trinajstić information content (AvgIpc) is 2.81. The number of nitrogens with zero attached hydrogens (tertiary/aromatic N) is 1. The molecule has 5 aromatic rings. The molecule has 0 amide bonds. The van der Waals surface area contributed by atoms with Crippen molar-refractivity contribution in [2.24, 2.45) is 0 Å². The van der Waals surface area contributed by atoms with Crippen molar-refractivity contribution in [2.45, 2.75) is 6.92 Å². The third-order valence-electron chi connectivity index (χ3n) is 4.09. The number of aryl methyl sites for hydroxylation is 1. The van der Waals surface area contributed by atoms with Gasteiger partial charge in [0.2, 0.25) is 11.4 Å². The van der Waals surface area contributed by atoms with Crippen LogP contribution in [0.3, 0.4) is 0 Å². The number of benzene rings is 2. The van der Waals surface area contributed by atoms with E-state index in [0.29, 0.717) is 27.7 Å². The lowest BCUT2D eigenvalue weighted by atomic mass is 10.1. The molecule has 3 aromatic heterocycles. The lowest BCUT2D eigenvalue weighted by molar-refractivity contribution is 0.527. The molecule has 22 heavy (non-hydrogen) atoms. The van der Waals surface area contributed by atoms with Crippen LogP contribution in [0.4, 0.5) is 0 Å². The normalized spacial score (nSPS) is 12.2. The molecule has 2 aromatic carbocycles. The summed E-state index contributed by atoms with van der Waals surface area (Å²) in [5, 5.41) is 2.27. The second-order valence-electron chi connectivity index (χ2n) is 5.48. The van der Waals surface area contributed by atoms with Gasteiger partial charge >= 0.3 is 11.3 Å². The Morgan fingerprint density at radius 2 is 1.32 bits per heavy atom. The molecule has 0 atom stereocenters. The molecule has 0 bridgehead atoms. The quantitative estimate of drug-likeness (QED) is 0.440. The Morgan fingerprint density at radius 1 is 0.818 bits per heavy atom. The Hall–Kier alpha value is -3.08. The van der Waals surface area contributed by atoms with Gasteiger partial charge < -0.3 is 8.83 Å². The maximum atomic E-state index is 12.3. The Balaban J connectivity index is 2.33. The van der Waals surface area contributed by atoms with Gasteiger partial charge in [-0.3, -0.25) is 0 Å². The Morgan fingerprint density at radius 3 is 1.82 bits per heavy atom. The number of hydrogen-bond acceptors (Lipinski definition) is 4. The van der Waals surface area contributed by atoms with Crippen molar-refractivity contribution in [1.29, 1.82) is 0 Å². The summed E-state index contributed by atoms with van der Waals surface area (Å²) in [6.45, 7) is 1.83. The number of hydrogen-bond donors (Lipinski definition) is 0. The van der Waals surface area contributed by atoms with E-state index in [2.05, 4.69) is 0 Å². The second kappa shape index (κ2) is 3.57. The van der Waals surface area contributed by atoms with E-state index >= 15 is 0 Å². The van der Waals surface area contributed by atoms with E-state index in [9.17, 15) is 9.59 Å². The molecule has 0 spiro atoms. The lowest BCUT2D eigenvalue weighted by Gasteiger charge is -2.06. The maximum absolute atomic E-state index is 12.3. The SMILES string of the molecule is Cc1cc2c(=O)oc3c4ccccc4c4oc(=O)c(c1)c2n34. The largest absolute Gasteiger partial charge is 0.404 e. The van der Waals surface area contributed by atoms with Crippen molar-refractivity contribution in [2.75, 3.05) is 0 Å². The van der Waals surface area contributed by atoms with Gasteiger partial charge in [0.1, 0.15) is 0 Å². The van der Waals surface area contributed by atoms with Crippen LogP contribution in [0.25, 0.3) is 38.5 Å². The van der Waals surface area contributed by atoms with Gasteiger partial charge in [0.05, 0.1) is 16.3 Å². The van der Waals surface area contributed by atoms with Crippen LogP contribution in [0.15, 0.2) is 54.8 Å². The summed E-state index contributed by atoms with van der Waals surface area (Å²) >= 11 is 0. The summed E-state index contributed by atoms with van der Waals surface area (Å²) in [4.78, 5) is 24.7. The first-order valence-electron chi connectivity index (χ1n) is 6.88. The predicted octanol–water partition coefficient (Wildman–Crippen LogP) is 3.05. The zero-order chi connectivity index (χ0) is 15.0. The van der Waals surface area contributed by atoms with E-state index in [-0.39, 0.29) is 0 Å². The monoisotopic (exact) mass is 291 g/mol. The number of rotatable bonds is 0. The van der Waals surface area contributed by atoms with E-state index < -0.39 is 11.3 Å². The van der Waals surface area contributed by atoms with Crippen LogP contribution in [-0.2, 0) is 0 Å². The molecule has 5 heteroatoms. The minimum atomic E-state index is -0.447. The first kappa shape index (κ1) is 11.6. The topological polar surface area (TPSA) is 64.8 Å². The molecule has 0 N–H and O–H groups in total. The Labute approximate surface area is 122 Å². The van der Waals surface area contributed by atoms with Crippen LogP contribution < -0.4 is 11.3 Å². The molecular weight excluding hydrogens is 282 g/mol. The van der Waals surface area contributed by atoms with Crippen molar-refractivity contribution in [3.63, 3.8) is 0 Å². The molecule has 5 nitrogen and oxygen atoms in total. The van der Waals surface area contributed by atoms with Crippen molar-refractivity contribution < 1.29 is 8.83 Å². The van der Waals surface area contributed by atoms with E-state index in [1.54, 1.807) is 16.5 Å². The second-order valence-corrected chi connectivity index (χ2v) is 5.48. The highest BCUT2D eigenvalue weighted by atomic mass is 16.4. The summed E-state index contributed by atoms with van der Waals surface area (Å²) < 4.78 is 12.7. The standard InChI is InChI=1S/C17H9NO4/c1-8-6-11-13-12(7-8)17(20)22-15-10-5-3-2-4-9(10)14(18(13)15)21-16(11)19/h2-7H,1H3. The lowest BCUT2D eigenvalue weighted by Crippen LogP contribution is -2.10. The number of aromatic nitrogens is 1. The highest BCUT2D eigenvalue weighted by Gasteiger charge is 2.21. The van der Waals surface area contributed by atoms with Gasteiger partial charge in [-0.1, -0.05) is 12.1 Å². The zero-order valence-corrected chi connectivity index (χ0v) is 11.5. The third-order valence-corrected chi connectivity index (χ3v) is 4.09. The summed E-state index contributed by atoms with van der Waals surface area (Å²) in [7, 11) is 0. The number of fused-ring (bicyclic) bond motifs is 3. The van der Waals surface area contributed by atoms with Crippen molar-refractivity contribution in [3.05, 3.63) is 62.8 Å². The molecule has 0 unspecified atom stereocenters. The minimum Gasteiger partial charge on any atom is -0.404 e. The van der Waals surface area contributed by atoms with E-state index in [1.807, 2.05) is 31.2 Å². The fourth-order valence-electron chi connectivity index (χ4n) is 3.21. The predicted molar refractivity (Wildman–Crippen MR) is 82.9 cm³/mol. The maximum Gasteiger partial charge on any atom is 0.347 e. The van der Waals surface area contributed by atoms with E-state index in [4.69, 9.17) is 8.83 Å². The highest BCUT2D eigenvalue weighted by Crippen LogP contribution is 2.32. The smallest absolute Gasteiger partial charge is 0.347 e. The first-order chi connectivity index (χ1) is 10.6. The fourth-order valence-corrected chi connectivity index (χ4v) is 3.21. The van der Waals surface area contributed by atoms with Gasteiger partial charge in [-0.25, -0.2) is 14.0 Å². The van der Waals surface area contributed by atoms with Crippen LogP contribution in [0, 0.1) is 6.92 Å². The highest BCUT2D eigenvalue weighted by molar-refractivity contribution is 6.09. The van der Waals surface area contributed by atoms with Crippen LogP contribution in [0.2, 0.25) is 0 Å². The van der Waals surface area contributed by atoms with Gasteiger partial charge in [-0.05, 0) is 36.8 Å². The van der Waals surface area contributed by atoms with Crippen LogP contribution in [0.5, 0.6) is 0 Å². The first-order valence-corrected chi connectivity index (χ1v) is 6.88. The van der Waals surface area contributed by atoms with E-state index in [1.165, 1.54) is 0 Å². The van der Waals surface area contributed by atoms with Gasteiger partial charge in [0.15, 0.2) is 0 Å². The zero-order valence-electron chi connectivity index (χ0n) is 11.5. The molecule has 0 aliphatic heterocycles. The van der Waals surface area contributed by atoms with Crippen LogP contribution >= 0.6 is 0 Å². The summed E-state index contributed by atoms with van der Waals surface area (Å²) in [6, 6.07) is 10.9. The fraction of sp³-hybridized carbons (Fsp3) is 0.0588. The van der Waals surface area contributed by atoms with Crippen molar-refractivity contribution in [3.8, 4) is 0 Å². The molecule has 0 saturated carbocycles. The van der Waals surface area contributed by atoms with Gasteiger partial charge in [-0.2, -0.15) is 0 Å². The molecular formula is C17H9NO4. The van der Waals surface area contributed by atoms with Crippen LogP contribution in [-0.4, -0.2) is 4.40 Å². The van der Waals surface area contributed by atoms with E-state index in [0.717, 1.165) is 16.3 Å². The molecule has 0 fully saturated rings. The minimum absolute atomic E-state index is 0.390. The van der Waals surface area contributed by atoms with Gasteiger partial charge in [0.25, 0.3) is 0 Å². The molecule has 0 aliphatic carbocycles. The van der Waals surface area contributed by atoms with Crippen LogP contribution in [0.1, 0.15) is 5.56 Å². The van der Waals surface area contributed by atoms with Gasteiger partial charge in [-0.15, -0.1) is 0 Å². The van der Waals surface area contributed by atoms with Gasteiger partial charge in [0, 0.05) is 10.8 Å².